The zero-order chi connectivity index (χ0) is 15.1. The van der Waals surface area contributed by atoms with E-state index in [4.69, 9.17) is 0 Å². The van der Waals surface area contributed by atoms with E-state index in [0.29, 0.717) is 18.0 Å². The van der Waals surface area contributed by atoms with E-state index < -0.39 is 0 Å². The summed E-state index contributed by atoms with van der Waals surface area (Å²) >= 11 is 3.08. The molecule has 1 aliphatic heterocycles. The van der Waals surface area contributed by atoms with Crippen molar-refractivity contribution in [3.8, 4) is 9.88 Å². The third-order valence-corrected chi connectivity index (χ3v) is 5.70. The molecule has 0 N–H and O–H groups in total. The molecule has 0 spiro atoms. The number of hydrogen-bond acceptors (Lipinski definition) is 6. The van der Waals surface area contributed by atoms with E-state index in [-0.39, 0.29) is 5.91 Å². The molecule has 22 heavy (non-hydrogen) atoms. The van der Waals surface area contributed by atoms with Gasteiger partial charge >= 0.3 is 0 Å². The molecule has 8 heteroatoms. The molecule has 0 radical (unpaired) electrons. The van der Waals surface area contributed by atoms with E-state index in [1.54, 1.807) is 17.5 Å². The van der Waals surface area contributed by atoms with Gasteiger partial charge in [-0.1, -0.05) is 6.07 Å². The van der Waals surface area contributed by atoms with Gasteiger partial charge in [0.2, 0.25) is 0 Å². The number of amides is 1. The van der Waals surface area contributed by atoms with Crippen LogP contribution in [0, 0.1) is 6.92 Å². The lowest BCUT2D eigenvalue weighted by atomic mass is 10.3. The first-order valence-electron chi connectivity index (χ1n) is 6.90. The number of rotatable bonds is 2. The maximum atomic E-state index is 12.6. The topological polar surface area (TPSA) is 63.9 Å². The molecule has 0 saturated heterocycles. The normalized spacial score (nSPS) is 14.1. The quantitative estimate of drug-likeness (QED) is 0.723. The Bertz CT molecular complexity index is 820. The van der Waals surface area contributed by atoms with Crippen molar-refractivity contribution in [1.29, 1.82) is 0 Å². The summed E-state index contributed by atoms with van der Waals surface area (Å²) in [5, 5.41) is 11.1. The highest BCUT2D eigenvalue weighted by Gasteiger charge is 2.25. The van der Waals surface area contributed by atoms with Gasteiger partial charge in [-0.2, -0.15) is 0 Å². The molecular weight excluding hydrogens is 318 g/mol. The van der Waals surface area contributed by atoms with Crippen LogP contribution in [0.5, 0.6) is 0 Å². The van der Waals surface area contributed by atoms with Crippen LogP contribution in [-0.2, 0) is 13.1 Å². The Labute approximate surface area is 135 Å². The first-order chi connectivity index (χ1) is 10.7. The van der Waals surface area contributed by atoms with Crippen LogP contribution < -0.4 is 0 Å². The van der Waals surface area contributed by atoms with Crippen LogP contribution in [0.1, 0.15) is 21.3 Å². The van der Waals surface area contributed by atoms with E-state index in [9.17, 15) is 4.79 Å². The second-order valence-corrected chi connectivity index (χ2v) is 7.03. The smallest absolute Gasteiger partial charge is 0.266 e. The van der Waals surface area contributed by atoms with Crippen LogP contribution in [0.25, 0.3) is 9.88 Å². The zero-order valence-corrected chi connectivity index (χ0v) is 13.5. The monoisotopic (exact) mass is 331 g/mol. The van der Waals surface area contributed by atoms with Crippen LogP contribution in [0.4, 0.5) is 0 Å². The molecule has 0 aliphatic carbocycles. The van der Waals surface area contributed by atoms with Gasteiger partial charge in [-0.15, -0.1) is 32.9 Å². The van der Waals surface area contributed by atoms with Crippen molar-refractivity contribution in [1.82, 2.24) is 24.6 Å². The van der Waals surface area contributed by atoms with Crippen molar-refractivity contribution >= 4 is 28.6 Å². The van der Waals surface area contributed by atoms with E-state index in [1.165, 1.54) is 11.3 Å². The van der Waals surface area contributed by atoms with Crippen LogP contribution in [0.2, 0.25) is 0 Å². The van der Waals surface area contributed by atoms with E-state index in [1.807, 2.05) is 29.3 Å². The average molecular weight is 331 g/mol. The maximum absolute atomic E-state index is 12.6. The number of hydrogen-bond donors (Lipinski definition) is 0. The third kappa shape index (κ3) is 2.24. The lowest BCUT2D eigenvalue weighted by Gasteiger charge is -2.27. The molecule has 0 aromatic carbocycles. The molecule has 0 fully saturated rings. The minimum absolute atomic E-state index is 0.0206. The summed E-state index contributed by atoms with van der Waals surface area (Å²) in [6.45, 7) is 3.86. The molecule has 3 aromatic rings. The maximum Gasteiger partial charge on any atom is 0.266 e. The van der Waals surface area contributed by atoms with Gasteiger partial charge in [0.1, 0.15) is 15.7 Å². The minimum Gasteiger partial charge on any atom is -0.329 e. The summed E-state index contributed by atoms with van der Waals surface area (Å²) in [7, 11) is 0. The average Bonchev–Trinajstić information content (AvgIpc) is 3.27. The van der Waals surface area contributed by atoms with Crippen LogP contribution >= 0.6 is 22.7 Å². The second kappa shape index (κ2) is 5.29. The van der Waals surface area contributed by atoms with Crippen LogP contribution in [-0.4, -0.2) is 37.1 Å². The fourth-order valence-corrected chi connectivity index (χ4v) is 4.21. The molecule has 1 amide bonds. The van der Waals surface area contributed by atoms with Gasteiger partial charge in [-0.25, -0.2) is 4.98 Å². The molecule has 3 aromatic heterocycles. The molecule has 1 aliphatic rings. The highest BCUT2D eigenvalue weighted by atomic mass is 32.1. The van der Waals surface area contributed by atoms with Crippen molar-refractivity contribution < 1.29 is 4.79 Å². The Kier molecular flexibility index (Phi) is 3.27. The molecule has 0 saturated carbocycles. The summed E-state index contributed by atoms with van der Waals surface area (Å²) in [6, 6.07) is 4.01. The number of carbonyl (C=O) groups excluding carboxylic acids is 1. The van der Waals surface area contributed by atoms with Crippen LogP contribution in [0.3, 0.4) is 0 Å². The number of thiophene rings is 1. The lowest BCUT2D eigenvalue weighted by molar-refractivity contribution is 0.0711. The molecule has 4 rings (SSSR count). The highest BCUT2D eigenvalue weighted by Crippen LogP contribution is 2.29. The predicted molar refractivity (Wildman–Crippen MR) is 84.9 cm³/mol. The van der Waals surface area contributed by atoms with Crippen LogP contribution in [0.15, 0.2) is 23.7 Å². The van der Waals surface area contributed by atoms with Gasteiger partial charge in [-0.05, 0) is 18.4 Å². The van der Waals surface area contributed by atoms with Gasteiger partial charge < -0.3 is 9.47 Å². The molecule has 6 nitrogen and oxygen atoms in total. The fraction of sp³-hybridized carbons (Fsp3) is 0.286. The van der Waals surface area contributed by atoms with Gasteiger partial charge in [0.05, 0.1) is 17.6 Å². The standard InChI is InChI=1S/C14H13N5OS2/c1-9-16-17-12-8-18(4-5-19(9)12)14(20)11-7-15-13(22-11)10-3-2-6-21-10/h2-3,6-7H,4-5,8H2,1H3. The van der Waals surface area contributed by atoms with Crippen molar-refractivity contribution in [3.63, 3.8) is 0 Å². The van der Waals surface area contributed by atoms with E-state index >= 15 is 0 Å². The van der Waals surface area contributed by atoms with Crippen molar-refractivity contribution in [2.24, 2.45) is 0 Å². The first-order valence-corrected chi connectivity index (χ1v) is 8.59. The fourth-order valence-electron chi connectivity index (χ4n) is 2.52. The number of aryl methyl sites for hydroxylation is 1. The molecule has 0 bridgehead atoms. The molecule has 0 unspecified atom stereocenters. The summed E-state index contributed by atoms with van der Waals surface area (Å²) in [4.78, 5) is 20.6. The Morgan fingerprint density at radius 2 is 2.23 bits per heavy atom. The van der Waals surface area contributed by atoms with E-state index in [2.05, 4.69) is 19.7 Å². The summed E-state index contributed by atoms with van der Waals surface area (Å²) in [5.74, 6) is 1.77. The van der Waals surface area contributed by atoms with Gasteiger partial charge in [-0.3, -0.25) is 4.79 Å². The Morgan fingerprint density at radius 1 is 1.32 bits per heavy atom. The number of aromatic nitrogens is 4. The summed E-state index contributed by atoms with van der Waals surface area (Å²) in [6.07, 6.45) is 1.67. The van der Waals surface area contributed by atoms with Crippen molar-refractivity contribution in [3.05, 3.63) is 40.2 Å². The van der Waals surface area contributed by atoms with Crippen molar-refractivity contribution in [2.45, 2.75) is 20.0 Å². The highest BCUT2D eigenvalue weighted by molar-refractivity contribution is 7.21. The molecule has 4 heterocycles. The zero-order valence-electron chi connectivity index (χ0n) is 11.9. The van der Waals surface area contributed by atoms with Gasteiger partial charge in [0, 0.05) is 13.1 Å². The number of fused-ring (bicyclic) bond motifs is 1. The minimum atomic E-state index is 0.0206. The van der Waals surface area contributed by atoms with Crippen molar-refractivity contribution in [2.75, 3.05) is 6.54 Å². The Hall–Kier alpha value is -2.06. The number of nitrogens with zero attached hydrogens (tertiary/aromatic N) is 5. The third-order valence-electron chi connectivity index (χ3n) is 3.67. The predicted octanol–water partition coefficient (Wildman–Crippen LogP) is 2.43. The number of thiazole rings is 1. The number of carbonyl (C=O) groups is 1. The Balaban J connectivity index is 1.55. The SMILES string of the molecule is Cc1nnc2n1CCN(C(=O)c1cnc(-c3cccs3)s1)C2. The van der Waals surface area contributed by atoms with Gasteiger partial charge in [0.15, 0.2) is 5.82 Å². The second-order valence-electron chi connectivity index (χ2n) is 5.05. The van der Waals surface area contributed by atoms with Gasteiger partial charge in [0.25, 0.3) is 5.91 Å². The molecule has 0 atom stereocenters. The largest absolute Gasteiger partial charge is 0.329 e. The first kappa shape index (κ1) is 13.6. The molecular formula is C14H13N5OS2. The summed E-state index contributed by atoms with van der Waals surface area (Å²) in [5.41, 5.74) is 0. The summed E-state index contributed by atoms with van der Waals surface area (Å²) < 4.78 is 2.06. The lowest BCUT2D eigenvalue weighted by Crippen LogP contribution is -2.38. The molecule has 112 valence electrons. The van der Waals surface area contributed by atoms with E-state index in [0.717, 1.165) is 28.1 Å². The Morgan fingerprint density at radius 3 is 3.05 bits per heavy atom.